The number of benzene rings is 2. The van der Waals surface area contributed by atoms with Gasteiger partial charge in [0.2, 0.25) is 0 Å². The lowest BCUT2D eigenvalue weighted by Gasteiger charge is -2.27. The number of nitrogens with zero attached hydrogens (tertiary/aromatic N) is 1. The Bertz CT molecular complexity index is 1050. The molecule has 0 saturated carbocycles. The number of carbonyl (C=O) groups excluding carboxylic acids is 1. The van der Waals surface area contributed by atoms with E-state index >= 15 is 0 Å². The highest BCUT2D eigenvalue weighted by molar-refractivity contribution is 6.31. The third-order valence-electron chi connectivity index (χ3n) is 6.32. The summed E-state index contributed by atoms with van der Waals surface area (Å²) in [6.45, 7) is 22.7. The van der Waals surface area contributed by atoms with Crippen LogP contribution in [0.2, 0.25) is 5.02 Å². The van der Waals surface area contributed by atoms with E-state index in [4.69, 9.17) is 25.8 Å². The largest absolute Gasteiger partial charge is 0.492 e. The zero-order valence-electron chi connectivity index (χ0n) is 23.1. The molecule has 0 aromatic heterocycles. The fraction of sp³-hybridized carbons (Fsp3) is 0.552. The van der Waals surface area contributed by atoms with E-state index < -0.39 is 0 Å². The van der Waals surface area contributed by atoms with Crippen LogP contribution >= 0.6 is 11.6 Å². The Balaban J connectivity index is 2.31. The predicted molar refractivity (Wildman–Crippen MR) is 144 cm³/mol. The molecule has 0 aliphatic carbocycles. The van der Waals surface area contributed by atoms with Gasteiger partial charge in [-0.1, -0.05) is 32.4 Å². The summed E-state index contributed by atoms with van der Waals surface area (Å²) < 4.78 is 18.1. The molecule has 0 aliphatic heterocycles. The highest BCUT2D eigenvalue weighted by Crippen LogP contribution is 2.39. The van der Waals surface area contributed by atoms with E-state index in [0.717, 1.165) is 63.0 Å². The van der Waals surface area contributed by atoms with Crippen molar-refractivity contribution < 1.29 is 19.0 Å². The number of esters is 1. The van der Waals surface area contributed by atoms with Gasteiger partial charge in [-0.25, -0.2) is 0 Å². The number of carbonyl (C=O) groups is 1. The zero-order chi connectivity index (χ0) is 26.4. The van der Waals surface area contributed by atoms with Crippen LogP contribution in [0.5, 0.6) is 17.2 Å². The first-order chi connectivity index (χ1) is 16.4. The third kappa shape index (κ3) is 7.37. The lowest BCUT2D eigenvalue weighted by molar-refractivity contribution is -0.132. The molecule has 0 aliphatic rings. The second-order valence-electron chi connectivity index (χ2n) is 9.78. The minimum absolute atomic E-state index is 0.0341. The summed E-state index contributed by atoms with van der Waals surface area (Å²) in [6.07, 6.45) is 0.0341. The van der Waals surface area contributed by atoms with Gasteiger partial charge in [0.05, 0.1) is 6.10 Å². The molecule has 194 valence electrons. The summed E-state index contributed by atoms with van der Waals surface area (Å²) in [5.41, 5.74) is 6.05. The smallest absolute Gasteiger partial charge is 0.308 e. The van der Waals surface area contributed by atoms with E-state index in [1.54, 1.807) is 0 Å². The lowest BCUT2D eigenvalue weighted by atomic mass is 9.96. The van der Waals surface area contributed by atoms with Gasteiger partial charge in [-0.15, -0.1) is 0 Å². The van der Waals surface area contributed by atoms with Crippen molar-refractivity contribution in [2.24, 2.45) is 0 Å². The maximum absolute atomic E-state index is 11.8. The van der Waals surface area contributed by atoms with Crippen molar-refractivity contribution in [2.75, 3.05) is 19.7 Å². The van der Waals surface area contributed by atoms with Gasteiger partial charge < -0.3 is 14.2 Å². The average molecular weight is 504 g/mol. The average Bonchev–Trinajstić information content (AvgIpc) is 2.77. The summed E-state index contributed by atoms with van der Waals surface area (Å²) in [5.74, 6) is 2.40. The van der Waals surface area contributed by atoms with Crippen molar-refractivity contribution in [2.45, 2.75) is 87.8 Å². The Morgan fingerprint density at radius 1 is 1.00 bits per heavy atom. The van der Waals surface area contributed by atoms with Gasteiger partial charge in [0.25, 0.3) is 0 Å². The summed E-state index contributed by atoms with van der Waals surface area (Å²) in [5, 5.41) is 0.766. The number of aryl methyl sites for hydroxylation is 1. The van der Waals surface area contributed by atoms with Crippen molar-refractivity contribution in [1.82, 2.24) is 4.90 Å². The molecule has 2 aromatic rings. The Morgan fingerprint density at radius 2 is 1.63 bits per heavy atom. The molecule has 35 heavy (non-hydrogen) atoms. The quantitative estimate of drug-likeness (QED) is 0.237. The molecule has 2 aromatic carbocycles. The summed E-state index contributed by atoms with van der Waals surface area (Å²) in [7, 11) is 0. The molecule has 0 bridgehead atoms. The van der Waals surface area contributed by atoms with Crippen LogP contribution in [0.1, 0.15) is 80.8 Å². The second kappa shape index (κ2) is 12.6. The lowest BCUT2D eigenvalue weighted by Crippen LogP contribution is -2.29. The first-order valence-corrected chi connectivity index (χ1v) is 12.9. The topological polar surface area (TPSA) is 48.0 Å². The van der Waals surface area contributed by atoms with E-state index in [1.807, 2.05) is 53.7 Å². The van der Waals surface area contributed by atoms with Crippen LogP contribution in [0.15, 0.2) is 12.1 Å². The molecule has 0 N–H and O–H groups in total. The van der Waals surface area contributed by atoms with E-state index in [-0.39, 0.29) is 12.1 Å². The predicted octanol–water partition coefficient (Wildman–Crippen LogP) is 7.31. The number of hydrogen-bond acceptors (Lipinski definition) is 5. The fourth-order valence-electron chi connectivity index (χ4n) is 4.14. The van der Waals surface area contributed by atoms with Gasteiger partial charge in [0.15, 0.2) is 0 Å². The SMILES string of the molecule is CCN(CCOc1cc(C)c(Cl)cc1C(C)C)Cc1c(C)c(OC(C)=O)c(C)c(C)c1OC(C)C. The number of ether oxygens (including phenoxy) is 3. The van der Waals surface area contributed by atoms with Crippen LogP contribution in [-0.2, 0) is 11.3 Å². The van der Waals surface area contributed by atoms with Crippen molar-refractivity contribution in [1.29, 1.82) is 0 Å². The van der Waals surface area contributed by atoms with E-state index in [1.165, 1.54) is 6.92 Å². The molecule has 0 saturated heterocycles. The fourth-order valence-corrected chi connectivity index (χ4v) is 4.31. The van der Waals surface area contributed by atoms with Crippen molar-refractivity contribution in [3.05, 3.63) is 50.5 Å². The number of likely N-dealkylation sites (N-methyl/N-ethyl adjacent to an activating group) is 1. The molecule has 0 unspecified atom stereocenters. The van der Waals surface area contributed by atoms with Gasteiger partial charge >= 0.3 is 5.97 Å². The number of hydrogen-bond donors (Lipinski definition) is 0. The Kier molecular flexibility index (Phi) is 10.5. The molecule has 2 rings (SSSR count). The van der Waals surface area contributed by atoms with Crippen LogP contribution in [0.4, 0.5) is 0 Å². The monoisotopic (exact) mass is 503 g/mol. The van der Waals surface area contributed by atoms with E-state index in [0.29, 0.717) is 24.8 Å². The number of rotatable bonds is 11. The third-order valence-corrected chi connectivity index (χ3v) is 6.72. The molecule has 6 heteroatoms. The minimum Gasteiger partial charge on any atom is -0.492 e. The highest BCUT2D eigenvalue weighted by atomic mass is 35.5. The van der Waals surface area contributed by atoms with Crippen LogP contribution in [0.25, 0.3) is 0 Å². The highest BCUT2D eigenvalue weighted by Gasteiger charge is 2.23. The van der Waals surface area contributed by atoms with Gasteiger partial charge in [-0.05, 0) is 88.4 Å². The molecule has 0 heterocycles. The zero-order valence-corrected chi connectivity index (χ0v) is 23.9. The minimum atomic E-state index is -0.320. The summed E-state index contributed by atoms with van der Waals surface area (Å²) in [6, 6.07) is 4.04. The molecule has 5 nitrogen and oxygen atoms in total. The molecule has 0 spiro atoms. The van der Waals surface area contributed by atoms with Crippen molar-refractivity contribution in [3.8, 4) is 17.2 Å². The van der Waals surface area contributed by atoms with Gasteiger partial charge in [0.1, 0.15) is 23.9 Å². The maximum Gasteiger partial charge on any atom is 0.308 e. The normalized spacial score (nSPS) is 11.5. The van der Waals surface area contributed by atoms with Crippen LogP contribution in [-0.4, -0.2) is 36.7 Å². The molecule has 0 fully saturated rings. The van der Waals surface area contributed by atoms with Gasteiger partial charge in [-0.2, -0.15) is 0 Å². The molecule has 0 radical (unpaired) electrons. The van der Waals surface area contributed by atoms with Crippen molar-refractivity contribution >= 4 is 17.6 Å². The molecular formula is C29H42ClNO4. The Hall–Kier alpha value is -2.24. The molecular weight excluding hydrogens is 462 g/mol. The van der Waals surface area contributed by atoms with E-state index in [2.05, 4.69) is 25.7 Å². The second-order valence-corrected chi connectivity index (χ2v) is 10.2. The van der Waals surface area contributed by atoms with Gasteiger partial charge in [0, 0.05) is 36.2 Å². The van der Waals surface area contributed by atoms with E-state index in [9.17, 15) is 4.79 Å². The summed E-state index contributed by atoms with van der Waals surface area (Å²) in [4.78, 5) is 14.1. The standard InChI is InChI=1S/C29H42ClNO4/c1-11-31(12-13-33-27-14-19(6)26(30)15-24(27)17(2)3)16-25-22(9)28(35-23(10)32)20(7)21(8)29(25)34-18(4)5/h14-15,17-18H,11-13,16H2,1-10H3. The summed E-state index contributed by atoms with van der Waals surface area (Å²) >= 11 is 6.35. The first kappa shape index (κ1) is 29.0. The van der Waals surface area contributed by atoms with Crippen LogP contribution in [0.3, 0.4) is 0 Å². The first-order valence-electron chi connectivity index (χ1n) is 12.5. The van der Waals surface area contributed by atoms with Gasteiger partial charge in [-0.3, -0.25) is 9.69 Å². The maximum atomic E-state index is 11.8. The van der Waals surface area contributed by atoms with Crippen LogP contribution in [0, 0.1) is 27.7 Å². The molecule has 0 amide bonds. The Morgan fingerprint density at radius 3 is 2.17 bits per heavy atom. The van der Waals surface area contributed by atoms with Crippen LogP contribution < -0.4 is 14.2 Å². The number of halogens is 1. The Labute approximate surface area is 216 Å². The molecule has 0 atom stereocenters. The van der Waals surface area contributed by atoms with Crippen molar-refractivity contribution in [3.63, 3.8) is 0 Å².